The number of hydrogen-bond acceptors (Lipinski definition) is 4. The summed E-state index contributed by atoms with van der Waals surface area (Å²) in [5, 5.41) is 3.47. The van der Waals surface area contributed by atoms with Gasteiger partial charge in [-0.15, -0.1) is 0 Å². The molecule has 0 atom stereocenters. The summed E-state index contributed by atoms with van der Waals surface area (Å²) in [5.41, 5.74) is 1.23. The normalized spacial score (nSPS) is 15.0. The number of nitrogens with one attached hydrogen (secondary N) is 1. The molecule has 0 bridgehead atoms. The topological polar surface area (TPSA) is 50.2 Å². The molecule has 1 aromatic heterocycles. The third kappa shape index (κ3) is 2.09. The van der Waals surface area contributed by atoms with Crippen LogP contribution in [0, 0.1) is 0 Å². The van der Waals surface area contributed by atoms with Crippen molar-refractivity contribution in [2.24, 2.45) is 4.99 Å². The van der Waals surface area contributed by atoms with Gasteiger partial charge in [0, 0.05) is 6.07 Å². The number of nitrogens with zero attached hydrogens (tertiary/aromatic N) is 3. The van der Waals surface area contributed by atoms with Gasteiger partial charge in [-0.2, -0.15) is 0 Å². The molecule has 2 rings (SSSR count). The van der Waals surface area contributed by atoms with Crippen LogP contribution in [0.25, 0.3) is 0 Å². The zero-order valence-electron chi connectivity index (χ0n) is 7.66. The molecule has 14 heavy (non-hydrogen) atoms. The molecule has 1 N–H and O–H groups in total. The van der Waals surface area contributed by atoms with Crippen LogP contribution in [0.4, 0.5) is 5.82 Å². The molecule has 2 heterocycles. The Morgan fingerprint density at radius 1 is 1.43 bits per heavy atom. The molecule has 1 aliphatic heterocycles. The molecule has 4 nitrogen and oxygen atoms in total. The van der Waals surface area contributed by atoms with Crippen LogP contribution >= 0.6 is 11.6 Å². The summed E-state index contributed by atoms with van der Waals surface area (Å²) in [5.74, 6) is 1.48. The highest BCUT2D eigenvalue weighted by Gasteiger charge is 2.05. The summed E-state index contributed by atoms with van der Waals surface area (Å²) in [4.78, 5) is 12.1. The minimum absolute atomic E-state index is 0.418. The van der Waals surface area contributed by atoms with E-state index >= 15 is 0 Å². The number of halogens is 1. The fraction of sp³-hybridized carbons (Fsp3) is 0.222. The first-order chi connectivity index (χ1) is 6.74. The van der Waals surface area contributed by atoms with Crippen molar-refractivity contribution in [3.63, 3.8) is 0 Å². The number of aromatic nitrogens is 2. The van der Waals surface area contributed by atoms with E-state index in [1.807, 2.05) is 13.0 Å². The minimum atomic E-state index is 0.418. The first-order valence-corrected chi connectivity index (χ1v) is 4.58. The number of amidine groups is 1. The Labute approximate surface area is 86.7 Å². The number of aliphatic imine (C=N–C) groups is 1. The lowest BCUT2D eigenvalue weighted by atomic mass is 10.3. The van der Waals surface area contributed by atoms with Crippen molar-refractivity contribution in [3.8, 4) is 0 Å². The Morgan fingerprint density at radius 2 is 2.29 bits per heavy atom. The van der Waals surface area contributed by atoms with E-state index in [-0.39, 0.29) is 0 Å². The Bertz CT molecular complexity index is 411. The highest BCUT2D eigenvalue weighted by Crippen LogP contribution is 2.11. The van der Waals surface area contributed by atoms with Crippen LogP contribution in [-0.2, 0) is 0 Å². The van der Waals surface area contributed by atoms with Gasteiger partial charge in [-0.1, -0.05) is 11.6 Å². The second-order valence-electron chi connectivity index (χ2n) is 3.04. The monoisotopic (exact) mass is 208 g/mol. The molecule has 1 aliphatic rings. The molecule has 0 saturated carbocycles. The Morgan fingerprint density at radius 3 is 2.93 bits per heavy atom. The predicted molar refractivity (Wildman–Crippen MR) is 56.7 cm³/mol. The Balaban J connectivity index is 2.12. The average Bonchev–Trinajstić information content (AvgIpc) is 2.51. The van der Waals surface area contributed by atoms with Gasteiger partial charge in [0.1, 0.15) is 23.1 Å². The van der Waals surface area contributed by atoms with Crippen LogP contribution < -0.4 is 5.32 Å². The maximum atomic E-state index is 5.71. The fourth-order valence-electron chi connectivity index (χ4n) is 1.14. The van der Waals surface area contributed by atoms with Crippen molar-refractivity contribution in [3.05, 3.63) is 29.2 Å². The molecule has 0 spiro atoms. The molecular weight excluding hydrogens is 200 g/mol. The van der Waals surface area contributed by atoms with Crippen LogP contribution in [0.15, 0.2) is 29.0 Å². The van der Waals surface area contributed by atoms with Crippen LogP contribution in [0.3, 0.4) is 0 Å². The quantitative estimate of drug-likeness (QED) is 0.718. The first-order valence-electron chi connectivity index (χ1n) is 4.20. The SMILES string of the molecule is CC1=CC(Nc2cc(Cl)ncn2)=NC1. The van der Waals surface area contributed by atoms with E-state index in [0.717, 1.165) is 12.4 Å². The van der Waals surface area contributed by atoms with Crippen molar-refractivity contribution in [1.29, 1.82) is 0 Å². The maximum absolute atomic E-state index is 5.71. The third-order valence-electron chi connectivity index (χ3n) is 1.77. The van der Waals surface area contributed by atoms with Gasteiger partial charge in [0.15, 0.2) is 0 Å². The molecule has 1 aromatic rings. The largest absolute Gasteiger partial charge is 0.325 e. The zero-order valence-corrected chi connectivity index (χ0v) is 8.41. The van der Waals surface area contributed by atoms with Crippen molar-refractivity contribution in [2.45, 2.75) is 6.92 Å². The Hall–Kier alpha value is -1.42. The van der Waals surface area contributed by atoms with E-state index in [2.05, 4.69) is 20.3 Å². The maximum Gasteiger partial charge on any atom is 0.136 e. The molecule has 72 valence electrons. The number of hydrogen-bond donors (Lipinski definition) is 1. The average molecular weight is 209 g/mol. The summed E-state index contributed by atoms with van der Waals surface area (Å²) < 4.78 is 0. The summed E-state index contributed by atoms with van der Waals surface area (Å²) in [6.45, 7) is 2.78. The van der Waals surface area contributed by atoms with Crippen molar-refractivity contribution >= 4 is 23.3 Å². The minimum Gasteiger partial charge on any atom is -0.325 e. The lowest BCUT2D eigenvalue weighted by Crippen LogP contribution is -2.08. The summed E-state index contributed by atoms with van der Waals surface area (Å²) in [7, 11) is 0. The molecule has 0 saturated heterocycles. The lowest BCUT2D eigenvalue weighted by Gasteiger charge is -2.01. The molecule has 0 aliphatic carbocycles. The molecule has 5 heteroatoms. The standard InChI is InChI=1S/C9H9ClN4/c1-6-2-8(11-4-6)14-9-3-7(10)12-5-13-9/h2-3,5H,4H2,1H3,(H,11,12,13,14). The van der Waals surface area contributed by atoms with E-state index in [9.17, 15) is 0 Å². The zero-order chi connectivity index (χ0) is 9.97. The lowest BCUT2D eigenvalue weighted by molar-refractivity contribution is 1.16. The molecule has 0 aromatic carbocycles. The number of rotatable bonds is 1. The molecule has 0 radical (unpaired) electrons. The van der Waals surface area contributed by atoms with Gasteiger partial charge in [-0.25, -0.2) is 9.97 Å². The van der Waals surface area contributed by atoms with Gasteiger partial charge >= 0.3 is 0 Å². The van der Waals surface area contributed by atoms with Gasteiger partial charge in [0.25, 0.3) is 0 Å². The summed E-state index contributed by atoms with van der Waals surface area (Å²) in [6, 6.07) is 1.66. The molecular formula is C9H9ClN4. The third-order valence-corrected chi connectivity index (χ3v) is 1.98. The van der Waals surface area contributed by atoms with Gasteiger partial charge in [-0.05, 0) is 18.6 Å². The van der Waals surface area contributed by atoms with Gasteiger partial charge in [-0.3, -0.25) is 4.99 Å². The van der Waals surface area contributed by atoms with Gasteiger partial charge < -0.3 is 5.32 Å². The van der Waals surface area contributed by atoms with E-state index in [0.29, 0.717) is 11.0 Å². The van der Waals surface area contributed by atoms with Crippen molar-refractivity contribution in [1.82, 2.24) is 9.97 Å². The molecule has 0 amide bonds. The van der Waals surface area contributed by atoms with Gasteiger partial charge in [0.05, 0.1) is 6.54 Å². The van der Waals surface area contributed by atoms with Crippen LogP contribution in [0.1, 0.15) is 6.92 Å². The van der Waals surface area contributed by atoms with Crippen LogP contribution in [-0.4, -0.2) is 22.3 Å². The predicted octanol–water partition coefficient (Wildman–Crippen LogP) is 1.90. The Kier molecular flexibility index (Phi) is 2.45. The van der Waals surface area contributed by atoms with Crippen LogP contribution in [0.2, 0.25) is 5.15 Å². The highest BCUT2D eigenvalue weighted by atomic mass is 35.5. The first kappa shape index (κ1) is 9.15. The number of anilines is 1. The van der Waals surface area contributed by atoms with Gasteiger partial charge in [0.2, 0.25) is 0 Å². The van der Waals surface area contributed by atoms with E-state index in [1.165, 1.54) is 11.9 Å². The fourth-order valence-corrected chi connectivity index (χ4v) is 1.29. The summed E-state index contributed by atoms with van der Waals surface area (Å²) >= 11 is 5.71. The van der Waals surface area contributed by atoms with E-state index < -0.39 is 0 Å². The van der Waals surface area contributed by atoms with Crippen molar-refractivity contribution < 1.29 is 0 Å². The second kappa shape index (κ2) is 3.75. The van der Waals surface area contributed by atoms with Crippen LogP contribution in [0.5, 0.6) is 0 Å². The summed E-state index contributed by atoms with van der Waals surface area (Å²) in [6.07, 6.45) is 3.40. The second-order valence-corrected chi connectivity index (χ2v) is 3.43. The van der Waals surface area contributed by atoms with E-state index in [1.54, 1.807) is 6.07 Å². The smallest absolute Gasteiger partial charge is 0.136 e. The van der Waals surface area contributed by atoms with E-state index in [4.69, 9.17) is 11.6 Å². The van der Waals surface area contributed by atoms with Crippen molar-refractivity contribution in [2.75, 3.05) is 11.9 Å². The highest BCUT2D eigenvalue weighted by molar-refractivity contribution is 6.29. The molecule has 0 fully saturated rings. The molecule has 0 unspecified atom stereocenters.